The van der Waals surface area contributed by atoms with E-state index in [1.165, 1.54) is 0 Å². The number of nitrogens with zero attached hydrogens (tertiary/aromatic N) is 1. The second-order valence-corrected chi connectivity index (χ2v) is 4.32. The van der Waals surface area contributed by atoms with Gasteiger partial charge in [-0.15, -0.1) is 6.58 Å². The van der Waals surface area contributed by atoms with Crippen molar-refractivity contribution in [3.8, 4) is 0 Å². The van der Waals surface area contributed by atoms with Crippen molar-refractivity contribution in [2.24, 2.45) is 11.7 Å². The third kappa shape index (κ3) is 6.28. The summed E-state index contributed by atoms with van der Waals surface area (Å²) in [5.41, 5.74) is 5.65. The van der Waals surface area contributed by atoms with Crippen LogP contribution >= 0.6 is 0 Å². The molecule has 88 valence electrons. The maximum atomic E-state index is 11.8. The molecule has 0 rings (SSSR count). The minimum atomic E-state index is 0.0914. The molecule has 0 aliphatic heterocycles. The first kappa shape index (κ1) is 14.2. The lowest BCUT2D eigenvalue weighted by Crippen LogP contribution is -2.31. The Morgan fingerprint density at radius 3 is 2.53 bits per heavy atom. The zero-order chi connectivity index (χ0) is 11.8. The molecule has 0 heterocycles. The fraction of sp³-hybridized carbons (Fsp3) is 0.750. The lowest BCUT2D eigenvalue weighted by atomic mass is 10.0. The molecular weight excluding hydrogens is 188 g/mol. The van der Waals surface area contributed by atoms with Crippen molar-refractivity contribution in [1.82, 2.24) is 4.90 Å². The molecular formula is C12H24N2O. The maximum Gasteiger partial charge on any atom is 0.225 e. The van der Waals surface area contributed by atoms with Gasteiger partial charge in [0, 0.05) is 25.6 Å². The van der Waals surface area contributed by atoms with Gasteiger partial charge in [-0.2, -0.15) is 0 Å². The van der Waals surface area contributed by atoms with E-state index in [0.717, 1.165) is 19.3 Å². The number of likely N-dealkylation sites (N-methyl/N-ethyl adjacent to an activating group) is 1. The van der Waals surface area contributed by atoms with E-state index < -0.39 is 0 Å². The molecule has 2 N–H and O–H groups in total. The van der Waals surface area contributed by atoms with Gasteiger partial charge in [-0.25, -0.2) is 0 Å². The van der Waals surface area contributed by atoms with Crippen LogP contribution in [0, 0.1) is 5.92 Å². The van der Waals surface area contributed by atoms with Crippen LogP contribution in [0.4, 0.5) is 0 Å². The number of carbonyl (C=O) groups excluding carboxylic acids is 1. The summed E-state index contributed by atoms with van der Waals surface area (Å²) < 4.78 is 0. The molecule has 2 atom stereocenters. The monoisotopic (exact) mass is 212 g/mol. The Bertz CT molecular complexity index is 202. The molecule has 0 saturated carbocycles. The second-order valence-electron chi connectivity index (χ2n) is 4.32. The molecule has 0 aromatic rings. The lowest BCUT2D eigenvalue weighted by Gasteiger charge is -2.20. The first-order valence-corrected chi connectivity index (χ1v) is 5.60. The van der Waals surface area contributed by atoms with E-state index >= 15 is 0 Å². The number of rotatable bonds is 7. The smallest absolute Gasteiger partial charge is 0.225 e. The Labute approximate surface area is 93.3 Å². The molecule has 0 aliphatic rings. The molecule has 15 heavy (non-hydrogen) atoms. The highest BCUT2D eigenvalue weighted by atomic mass is 16.2. The average molecular weight is 212 g/mol. The number of carbonyl (C=O) groups is 1. The molecule has 0 aliphatic carbocycles. The average Bonchev–Trinajstić information content (AvgIpc) is 2.16. The fourth-order valence-corrected chi connectivity index (χ4v) is 1.53. The van der Waals surface area contributed by atoms with Gasteiger partial charge in [-0.1, -0.05) is 19.4 Å². The summed E-state index contributed by atoms with van der Waals surface area (Å²) in [6, 6.07) is 0.234. The number of hydrogen-bond donors (Lipinski definition) is 1. The minimum Gasteiger partial charge on any atom is -0.342 e. The Hall–Kier alpha value is -0.830. The largest absolute Gasteiger partial charge is 0.342 e. The van der Waals surface area contributed by atoms with Crippen molar-refractivity contribution < 1.29 is 4.79 Å². The molecule has 3 heteroatoms. The molecule has 3 nitrogen and oxygen atoms in total. The van der Waals surface area contributed by atoms with Gasteiger partial charge in [-0.05, 0) is 19.8 Å². The van der Waals surface area contributed by atoms with Gasteiger partial charge in [0.25, 0.3) is 0 Å². The summed E-state index contributed by atoms with van der Waals surface area (Å²) in [5.74, 6) is 0.285. The zero-order valence-electron chi connectivity index (χ0n) is 10.2. The predicted octanol–water partition coefficient (Wildman–Crippen LogP) is 1.78. The summed E-state index contributed by atoms with van der Waals surface area (Å²) in [7, 11) is 1.81. The van der Waals surface area contributed by atoms with Crippen LogP contribution in [0.2, 0.25) is 0 Å². The van der Waals surface area contributed by atoms with Crippen molar-refractivity contribution >= 4 is 5.91 Å². The van der Waals surface area contributed by atoms with E-state index in [2.05, 4.69) is 6.58 Å². The van der Waals surface area contributed by atoms with Gasteiger partial charge in [-0.3, -0.25) is 4.79 Å². The van der Waals surface area contributed by atoms with Crippen LogP contribution in [0.5, 0.6) is 0 Å². The van der Waals surface area contributed by atoms with E-state index in [1.54, 1.807) is 11.0 Å². The van der Waals surface area contributed by atoms with Crippen LogP contribution in [0.1, 0.15) is 33.1 Å². The Balaban J connectivity index is 3.82. The Kier molecular flexibility index (Phi) is 7.05. The second kappa shape index (κ2) is 7.46. The van der Waals surface area contributed by atoms with Crippen molar-refractivity contribution in [1.29, 1.82) is 0 Å². The van der Waals surface area contributed by atoms with E-state index in [9.17, 15) is 4.79 Å². The maximum absolute atomic E-state index is 11.8. The number of amides is 1. The lowest BCUT2D eigenvalue weighted by molar-refractivity contribution is -0.133. The SMILES string of the molecule is C=CCN(C)C(=O)C(C)CCCC(C)N. The van der Waals surface area contributed by atoms with Gasteiger partial charge in [0.05, 0.1) is 0 Å². The zero-order valence-corrected chi connectivity index (χ0v) is 10.2. The summed E-state index contributed by atoms with van der Waals surface area (Å²) in [5, 5.41) is 0. The molecule has 0 aromatic heterocycles. The topological polar surface area (TPSA) is 46.3 Å². The first-order chi connectivity index (χ1) is 6.99. The van der Waals surface area contributed by atoms with Crippen LogP contribution in [0.15, 0.2) is 12.7 Å². The van der Waals surface area contributed by atoms with Crippen molar-refractivity contribution in [2.45, 2.75) is 39.2 Å². The van der Waals surface area contributed by atoms with Crippen molar-refractivity contribution in [2.75, 3.05) is 13.6 Å². The molecule has 1 amide bonds. The summed E-state index contributed by atoms with van der Waals surface area (Å²) in [4.78, 5) is 13.5. The van der Waals surface area contributed by atoms with E-state index in [1.807, 2.05) is 20.9 Å². The fourth-order valence-electron chi connectivity index (χ4n) is 1.53. The third-order valence-corrected chi connectivity index (χ3v) is 2.50. The van der Waals surface area contributed by atoms with Gasteiger partial charge >= 0.3 is 0 Å². The quantitative estimate of drug-likeness (QED) is 0.654. The Morgan fingerprint density at radius 2 is 2.07 bits per heavy atom. The number of nitrogens with two attached hydrogens (primary N) is 1. The minimum absolute atomic E-state index is 0.0914. The highest BCUT2D eigenvalue weighted by Crippen LogP contribution is 2.11. The highest BCUT2D eigenvalue weighted by molar-refractivity contribution is 5.78. The van der Waals surface area contributed by atoms with Crippen LogP contribution < -0.4 is 5.73 Å². The van der Waals surface area contributed by atoms with E-state index in [-0.39, 0.29) is 17.9 Å². The molecule has 0 saturated heterocycles. The molecule has 0 spiro atoms. The van der Waals surface area contributed by atoms with Crippen LogP contribution in [-0.2, 0) is 4.79 Å². The summed E-state index contributed by atoms with van der Waals surface area (Å²) >= 11 is 0. The summed E-state index contributed by atoms with van der Waals surface area (Å²) in [6.07, 6.45) is 4.67. The number of hydrogen-bond acceptors (Lipinski definition) is 2. The highest BCUT2D eigenvalue weighted by Gasteiger charge is 2.15. The van der Waals surface area contributed by atoms with E-state index in [4.69, 9.17) is 5.73 Å². The van der Waals surface area contributed by atoms with Crippen LogP contribution in [0.25, 0.3) is 0 Å². The third-order valence-electron chi connectivity index (χ3n) is 2.50. The Morgan fingerprint density at radius 1 is 1.47 bits per heavy atom. The van der Waals surface area contributed by atoms with E-state index in [0.29, 0.717) is 6.54 Å². The molecule has 0 fully saturated rings. The standard InChI is InChI=1S/C12H24N2O/c1-5-9-14(4)12(15)10(2)7-6-8-11(3)13/h5,10-11H,1,6-9,13H2,2-4H3. The molecule has 0 aromatic carbocycles. The van der Waals surface area contributed by atoms with Gasteiger partial charge in [0.1, 0.15) is 0 Å². The first-order valence-electron chi connectivity index (χ1n) is 5.60. The molecule has 2 unspecified atom stereocenters. The van der Waals surface area contributed by atoms with Gasteiger partial charge < -0.3 is 10.6 Å². The molecule has 0 radical (unpaired) electrons. The van der Waals surface area contributed by atoms with Gasteiger partial charge in [0.15, 0.2) is 0 Å². The van der Waals surface area contributed by atoms with Crippen LogP contribution in [-0.4, -0.2) is 30.4 Å². The van der Waals surface area contributed by atoms with Crippen LogP contribution in [0.3, 0.4) is 0 Å². The summed E-state index contributed by atoms with van der Waals surface area (Å²) in [6.45, 7) is 8.21. The van der Waals surface area contributed by atoms with Crippen molar-refractivity contribution in [3.05, 3.63) is 12.7 Å². The normalized spacial score (nSPS) is 14.4. The van der Waals surface area contributed by atoms with Crippen molar-refractivity contribution in [3.63, 3.8) is 0 Å². The predicted molar refractivity (Wildman–Crippen MR) is 64.5 cm³/mol. The van der Waals surface area contributed by atoms with Gasteiger partial charge in [0.2, 0.25) is 5.91 Å². The molecule has 0 bridgehead atoms.